The molecule has 1 saturated carbocycles. The van der Waals surface area contributed by atoms with Gasteiger partial charge in [-0.05, 0) is 39.7 Å². The molecular formula is C13H28N2O. The van der Waals surface area contributed by atoms with Gasteiger partial charge in [-0.2, -0.15) is 0 Å². The third-order valence-corrected chi connectivity index (χ3v) is 4.16. The van der Waals surface area contributed by atoms with Gasteiger partial charge in [0, 0.05) is 18.6 Å². The lowest BCUT2D eigenvalue weighted by molar-refractivity contribution is 0.0241. The van der Waals surface area contributed by atoms with Gasteiger partial charge in [0.2, 0.25) is 0 Å². The second kappa shape index (κ2) is 5.99. The number of hydrogen-bond acceptors (Lipinski definition) is 3. The van der Waals surface area contributed by atoms with Crippen molar-refractivity contribution >= 4 is 0 Å². The van der Waals surface area contributed by atoms with Gasteiger partial charge in [0.25, 0.3) is 0 Å². The van der Waals surface area contributed by atoms with Gasteiger partial charge in [-0.15, -0.1) is 0 Å². The van der Waals surface area contributed by atoms with Crippen molar-refractivity contribution in [3.8, 4) is 0 Å². The Kier molecular flexibility index (Phi) is 5.22. The molecule has 1 fully saturated rings. The van der Waals surface area contributed by atoms with Crippen molar-refractivity contribution in [3.63, 3.8) is 0 Å². The molecule has 1 aliphatic carbocycles. The van der Waals surface area contributed by atoms with Crippen LogP contribution in [-0.2, 0) is 4.74 Å². The van der Waals surface area contributed by atoms with Gasteiger partial charge >= 0.3 is 0 Å². The van der Waals surface area contributed by atoms with E-state index in [0.717, 1.165) is 19.7 Å². The molecule has 1 rings (SSSR count). The Hall–Kier alpha value is -0.120. The Balaban J connectivity index is 2.46. The summed E-state index contributed by atoms with van der Waals surface area (Å²) in [5.74, 6) is 0.710. The van der Waals surface area contributed by atoms with Gasteiger partial charge in [0.05, 0.1) is 12.7 Å². The van der Waals surface area contributed by atoms with Crippen molar-refractivity contribution in [1.29, 1.82) is 0 Å². The van der Waals surface area contributed by atoms with Crippen LogP contribution in [0, 0.1) is 5.92 Å². The van der Waals surface area contributed by atoms with E-state index in [1.165, 1.54) is 19.3 Å². The van der Waals surface area contributed by atoms with E-state index in [1.54, 1.807) is 0 Å². The normalized spacial score (nSPS) is 30.6. The van der Waals surface area contributed by atoms with Crippen molar-refractivity contribution in [3.05, 3.63) is 0 Å². The topological polar surface area (TPSA) is 38.5 Å². The van der Waals surface area contributed by atoms with E-state index in [2.05, 4.69) is 32.7 Å². The maximum atomic E-state index is 6.01. The Morgan fingerprint density at radius 3 is 2.62 bits per heavy atom. The summed E-state index contributed by atoms with van der Waals surface area (Å²) in [6, 6.07) is 0. The molecule has 0 heterocycles. The van der Waals surface area contributed by atoms with Gasteiger partial charge in [-0.3, -0.25) is 4.90 Å². The fourth-order valence-corrected chi connectivity index (χ4v) is 2.90. The summed E-state index contributed by atoms with van der Waals surface area (Å²) >= 11 is 0. The molecule has 1 aliphatic rings. The van der Waals surface area contributed by atoms with Gasteiger partial charge in [0.1, 0.15) is 0 Å². The zero-order valence-electron chi connectivity index (χ0n) is 11.3. The maximum absolute atomic E-state index is 6.01. The average molecular weight is 228 g/mol. The van der Waals surface area contributed by atoms with E-state index in [9.17, 15) is 0 Å². The summed E-state index contributed by atoms with van der Waals surface area (Å²) in [6.07, 6.45) is 4.19. The molecule has 2 atom stereocenters. The molecule has 2 unspecified atom stereocenters. The van der Waals surface area contributed by atoms with Crippen LogP contribution in [0.3, 0.4) is 0 Å². The minimum atomic E-state index is 0.223. The highest BCUT2D eigenvalue weighted by Gasteiger charge is 2.41. The van der Waals surface area contributed by atoms with Crippen LogP contribution in [0.5, 0.6) is 0 Å². The molecular weight excluding hydrogens is 200 g/mol. The van der Waals surface area contributed by atoms with Gasteiger partial charge in [0.15, 0.2) is 0 Å². The van der Waals surface area contributed by atoms with Gasteiger partial charge in [-0.25, -0.2) is 0 Å². The molecule has 2 N–H and O–H groups in total. The highest BCUT2D eigenvalue weighted by molar-refractivity contribution is 4.99. The van der Waals surface area contributed by atoms with E-state index in [0.29, 0.717) is 12.0 Å². The molecule has 0 aromatic heterocycles. The molecule has 16 heavy (non-hydrogen) atoms. The molecule has 3 heteroatoms. The van der Waals surface area contributed by atoms with Crippen molar-refractivity contribution in [1.82, 2.24) is 4.90 Å². The molecule has 0 amide bonds. The third kappa shape index (κ3) is 2.96. The lowest BCUT2D eigenvalue weighted by Gasteiger charge is -2.41. The van der Waals surface area contributed by atoms with Crippen LogP contribution in [0.2, 0.25) is 0 Å². The number of nitrogens with two attached hydrogens (primary N) is 1. The summed E-state index contributed by atoms with van der Waals surface area (Å²) in [4.78, 5) is 2.42. The van der Waals surface area contributed by atoms with Crippen molar-refractivity contribution in [2.75, 3.05) is 26.7 Å². The second-order valence-electron chi connectivity index (χ2n) is 5.44. The molecule has 96 valence electrons. The summed E-state index contributed by atoms with van der Waals surface area (Å²) < 4.78 is 5.61. The predicted octanol–water partition coefficient (Wildman–Crippen LogP) is 1.86. The molecule has 0 bridgehead atoms. The molecule has 0 saturated heterocycles. The van der Waals surface area contributed by atoms with Crippen LogP contribution in [0.25, 0.3) is 0 Å². The molecule has 0 aromatic rings. The lowest BCUT2D eigenvalue weighted by Crippen LogP contribution is -2.54. The fraction of sp³-hybridized carbons (Fsp3) is 1.00. The molecule has 0 aromatic carbocycles. The monoisotopic (exact) mass is 228 g/mol. The van der Waals surface area contributed by atoms with Crippen LogP contribution in [0.15, 0.2) is 0 Å². The Bertz CT molecular complexity index is 208. The van der Waals surface area contributed by atoms with Crippen molar-refractivity contribution in [2.24, 2.45) is 11.7 Å². The quantitative estimate of drug-likeness (QED) is 0.754. The summed E-state index contributed by atoms with van der Waals surface area (Å²) in [6.45, 7) is 9.06. The van der Waals surface area contributed by atoms with Crippen LogP contribution in [-0.4, -0.2) is 43.3 Å². The highest BCUT2D eigenvalue weighted by Crippen LogP contribution is 2.38. The number of likely N-dealkylation sites (N-methyl/N-ethyl adjacent to an activating group) is 1. The minimum absolute atomic E-state index is 0.223. The standard InChI is InChI=1S/C13H28N2O/c1-11(2)16-9-8-15(4)13(10-14)7-5-6-12(13)3/h11-12H,5-10,14H2,1-4H3. The Morgan fingerprint density at radius 1 is 1.50 bits per heavy atom. The second-order valence-corrected chi connectivity index (χ2v) is 5.44. The first-order valence-electron chi connectivity index (χ1n) is 6.56. The minimum Gasteiger partial charge on any atom is -0.377 e. The Morgan fingerprint density at radius 2 is 2.19 bits per heavy atom. The zero-order chi connectivity index (χ0) is 12.2. The van der Waals surface area contributed by atoms with Crippen LogP contribution >= 0.6 is 0 Å². The molecule has 0 radical (unpaired) electrons. The predicted molar refractivity (Wildman–Crippen MR) is 68.5 cm³/mol. The van der Waals surface area contributed by atoms with Gasteiger partial charge in [-0.1, -0.05) is 13.3 Å². The first-order valence-corrected chi connectivity index (χ1v) is 6.56. The van der Waals surface area contributed by atoms with Crippen LogP contribution < -0.4 is 5.73 Å². The highest BCUT2D eigenvalue weighted by atomic mass is 16.5. The number of nitrogens with zero attached hydrogens (tertiary/aromatic N) is 1. The first kappa shape index (κ1) is 13.9. The first-order chi connectivity index (χ1) is 7.53. The van der Waals surface area contributed by atoms with E-state index < -0.39 is 0 Å². The number of ether oxygens (including phenoxy) is 1. The fourth-order valence-electron chi connectivity index (χ4n) is 2.90. The van der Waals surface area contributed by atoms with Crippen molar-refractivity contribution in [2.45, 2.75) is 51.7 Å². The zero-order valence-corrected chi connectivity index (χ0v) is 11.3. The largest absolute Gasteiger partial charge is 0.377 e. The van der Waals surface area contributed by atoms with E-state index in [4.69, 9.17) is 10.5 Å². The molecule has 3 nitrogen and oxygen atoms in total. The lowest BCUT2D eigenvalue weighted by atomic mass is 9.87. The Labute approximate surface area is 100 Å². The molecule has 0 aliphatic heterocycles. The van der Waals surface area contributed by atoms with E-state index >= 15 is 0 Å². The van der Waals surface area contributed by atoms with Gasteiger partial charge < -0.3 is 10.5 Å². The van der Waals surface area contributed by atoms with E-state index in [1.807, 2.05) is 0 Å². The average Bonchev–Trinajstić information content (AvgIpc) is 2.60. The van der Waals surface area contributed by atoms with Crippen LogP contribution in [0.4, 0.5) is 0 Å². The number of rotatable bonds is 6. The van der Waals surface area contributed by atoms with E-state index in [-0.39, 0.29) is 5.54 Å². The summed E-state index contributed by atoms with van der Waals surface area (Å²) in [5, 5.41) is 0. The number of hydrogen-bond donors (Lipinski definition) is 1. The smallest absolute Gasteiger partial charge is 0.0597 e. The SMILES string of the molecule is CC(C)OCCN(C)C1(CN)CCCC1C. The maximum Gasteiger partial charge on any atom is 0.0597 e. The molecule has 0 spiro atoms. The summed E-state index contributed by atoms with van der Waals surface area (Å²) in [5.41, 5.74) is 6.23. The van der Waals surface area contributed by atoms with Crippen LogP contribution in [0.1, 0.15) is 40.0 Å². The third-order valence-electron chi connectivity index (χ3n) is 4.16. The van der Waals surface area contributed by atoms with Crippen molar-refractivity contribution < 1.29 is 4.74 Å². The summed E-state index contributed by atoms with van der Waals surface area (Å²) in [7, 11) is 2.19.